The third-order valence-electron chi connectivity index (χ3n) is 3.87. The van der Waals surface area contributed by atoms with Gasteiger partial charge >= 0.3 is 0 Å². The van der Waals surface area contributed by atoms with Crippen LogP contribution in [0.25, 0.3) is 0 Å². The smallest absolute Gasteiger partial charge is 0.131 e. The van der Waals surface area contributed by atoms with E-state index in [0.717, 1.165) is 6.54 Å². The van der Waals surface area contributed by atoms with Crippen LogP contribution in [0.3, 0.4) is 0 Å². The molecule has 0 aliphatic carbocycles. The molecule has 19 heavy (non-hydrogen) atoms. The fourth-order valence-corrected chi connectivity index (χ4v) is 1.88. The fourth-order valence-electron chi connectivity index (χ4n) is 1.88. The van der Waals surface area contributed by atoms with Crippen molar-refractivity contribution in [2.24, 2.45) is 11.3 Å². The van der Waals surface area contributed by atoms with Gasteiger partial charge in [-0.25, -0.2) is 4.39 Å². The van der Waals surface area contributed by atoms with Gasteiger partial charge in [-0.3, -0.25) is 0 Å². The van der Waals surface area contributed by atoms with E-state index < -0.39 is 0 Å². The van der Waals surface area contributed by atoms with Gasteiger partial charge in [-0.1, -0.05) is 33.8 Å². The van der Waals surface area contributed by atoms with E-state index >= 15 is 0 Å². The molecule has 2 nitrogen and oxygen atoms in total. The van der Waals surface area contributed by atoms with Gasteiger partial charge in [0, 0.05) is 11.6 Å². The molecule has 0 aromatic heterocycles. The Morgan fingerprint density at radius 2 is 1.89 bits per heavy atom. The van der Waals surface area contributed by atoms with Crippen molar-refractivity contribution in [3.8, 4) is 5.75 Å². The number of hydrogen-bond acceptors (Lipinski definition) is 2. The molecule has 0 aliphatic rings. The minimum atomic E-state index is -0.220. The van der Waals surface area contributed by atoms with E-state index in [4.69, 9.17) is 4.74 Å². The number of hydrogen-bond donors (Lipinski definition) is 1. The molecule has 0 amide bonds. The standard InChI is InChI=1S/C16H26FNO/c1-11(16(3,4)5)10-18-12(2)15-13(17)8-7-9-14(15)19-6/h7-9,11-12,18H,10H2,1-6H3. The number of ether oxygens (including phenoxy) is 1. The highest BCUT2D eigenvalue weighted by atomic mass is 19.1. The molecule has 0 heterocycles. The van der Waals surface area contributed by atoms with Gasteiger partial charge in [0.05, 0.1) is 7.11 Å². The largest absolute Gasteiger partial charge is 0.496 e. The Balaban J connectivity index is 2.76. The van der Waals surface area contributed by atoms with E-state index in [0.29, 0.717) is 17.2 Å². The van der Waals surface area contributed by atoms with Crippen LogP contribution in [0, 0.1) is 17.2 Å². The predicted molar refractivity (Wildman–Crippen MR) is 78.0 cm³/mol. The maximum Gasteiger partial charge on any atom is 0.131 e. The van der Waals surface area contributed by atoms with Crippen molar-refractivity contribution in [1.82, 2.24) is 5.32 Å². The van der Waals surface area contributed by atoms with Gasteiger partial charge in [0.2, 0.25) is 0 Å². The third-order valence-corrected chi connectivity index (χ3v) is 3.87. The summed E-state index contributed by atoms with van der Waals surface area (Å²) in [5.41, 5.74) is 0.845. The summed E-state index contributed by atoms with van der Waals surface area (Å²) in [6.07, 6.45) is 0. The van der Waals surface area contributed by atoms with Crippen molar-refractivity contribution in [3.63, 3.8) is 0 Å². The van der Waals surface area contributed by atoms with Crippen molar-refractivity contribution in [2.45, 2.75) is 40.7 Å². The maximum atomic E-state index is 13.9. The van der Waals surface area contributed by atoms with Crippen molar-refractivity contribution >= 4 is 0 Å². The number of nitrogens with one attached hydrogen (secondary N) is 1. The lowest BCUT2D eigenvalue weighted by Crippen LogP contribution is -2.31. The van der Waals surface area contributed by atoms with Crippen LogP contribution in [0.4, 0.5) is 4.39 Å². The Kier molecular flexibility index (Phi) is 5.36. The summed E-state index contributed by atoms with van der Waals surface area (Å²) in [7, 11) is 1.57. The molecule has 2 unspecified atom stereocenters. The van der Waals surface area contributed by atoms with E-state index in [1.54, 1.807) is 19.2 Å². The maximum absolute atomic E-state index is 13.9. The molecule has 108 valence electrons. The first-order chi connectivity index (χ1) is 8.77. The molecule has 1 aromatic rings. The second kappa shape index (κ2) is 6.38. The Hall–Kier alpha value is -1.09. The second-order valence-electron chi connectivity index (χ2n) is 6.25. The van der Waals surface area contributed by atoms with E-state index in [1.807, 2.05) is 6.92 Å². The molecule has 0 radical (unpaired) electrons. The Labute approximate surface area is 116 Å². The summed E-state index contributed by atoms with van der Waals surface area (Å²) >= 11 is 0. The SMILES string of the molecule is COc1cccc(F)c1C(C)NCC(C)C(C)(C)C. The monoisotopic (exact) mass is 267 g/mol. The third kappa shape index (κ3) is 4.20. The molecular weight excluding hydrogens is 241 g/mol. The Morgan fingerprint density at radius 3 is 2.42 bits per heavy atom. The Bertz CT molecular complexity index is 412. The molecule has 2 atom stereocenters. The van der Waals surface area contributed by atoms with E-state index in [2.05, 4.69) is 33.0 Å². The number of halogens is 1. The van der Waals surface area contributed by atoms with Gasteiger partial charge in [-0.2, -0.15) is 0 Å². The summed E-state index contributed by atoms with van der Waals surface area (Å²) in [5, 5.41) is 3.40. The van der Waals surface area contributed by atoms with Gasteiger partial charge in [0.15, 0.2) is 0 Å². The van der Waals surface area contributed by atoms with Crippen molar-refractivity contribution in [3.05, 3.63) is 29.6 Å². The molecular formula is C16H26FNO. The lowest BCUT2D eigenvalue weighted by Gasteiger charge is -2.29. The number of benzene rings is 1. The average molecular weight is 267 g/mol. The van der Waals surface area contributed by atoms with Gasteiger partial charge in [-0.15, -0.1) is 0 Å². The van der Waals surface area contributed by atoms with Gasteiger partial charge in [0.25, 0.3) is 0 Å². The summed E-state index contributed by atoms with van der Waals surface area (Å²) in [4.78, 5) is 0. The van der Waals surface area contributed by atoms with Gasteiger partial charge in [-0.05, 0) is 36.9 Å². The summed E-state index contributed by atoms with van der Waals surface area (Å²) in [6, 6.07) is 4.87. The molecule has 0 aliphatic heterocycles. The van der Waals surface area contributed by atoms with Crippen molar-refractivity contribution in [2.75, 3.05) is 13.7 Å². The fraction of sp³-hybridized carbons (Fsp3) is 0.625. The number of rotatable bonds is 5. The normalized spacial score (nSPS) is 15.1. The van der Waals surface area contributed by atoms with Crippen LogP contribution < -0.4 is 10.1 Å². The molecule has 0 bridgehead atoms. The quantitative estimate of drug-likeness (QED) is 0.864. The van der Waals surface area contributed by atoms with Crippen LogP contribution in [0.5, 0.6) is 5.75 Å². The van der Waals surface area contributed by atoms with Crippen LogP contribution in [0.2, 0.25) is 0 Å². The predicted octanol–water partition coefficient (Wildman–Crippen LogP) is 4.17. The zero-order valence-electron chi connectivity index (χ0n) is 12.9. The zero-order chi connectivity index (χ0) is 14.6. The average Bonchev–Trinajstić information content (AvgIpc) is 2.33. The van der Waals surface area contributed by atoms with Crippen molar-refractivity contribution < 1.29 is 9.13 Å². The first-order valence-electron chi connectivity index (χ1n) is 6.83. The molecule has 1 rings (SSSR count). The summed E-state index contributed by atoms with van der Waals surface area (Å²) in [6.45, 7) is 11.7. The van der Waals surface area contributed by atoms with Crippen LogP contribution in [0.15, 0.2) is 18.2 Å². The second-order valence-corrected chi connectivity index (χ2v) is 6.25. The lowest BCUT2D eigenvalue weighted by molar-refractivity contribution is 0.245. The van der Waals surface area contributed by atoms with E-state index in [-0.39, 0.29) is 17.3 Å². The lowest BCUT2D eigenvalue weighted by atomic mass is 9.82. The van der Waals surface area contributed by atoms with Gasteiger partial charge < -0.3 is 10.1 Å². The van der Waals surface area contributed by atoms with Crippen molar-refractivity contribution in [1.29, 1.82) is 0 Å². The molecule has 0 fully saturated rings. The highest BCUT2D eigenvalue weighted by Gasteiger charge is 2.22. The molecule has 1 N–H and O–H groups in total. The first-order valence-corrected chi connectivity index (χ1v) is 6.83. The molecule has 3 heteroatoms. The van der Waals surface area contributed by atoms with E-state index in [1.165, 1.54) is 6.07 Å². The van der Waals surface area contributed by atoms with E-state index in [9.17, 15) is 4.39 Å². The molecule has 0 saturated carbocycles. The van der Waals surface area contributed by atoms with Crippen LogP contribution in [-0.4, -0.2) is 13.7 Å². The molecule has 0 saturated heterocycles. The van der Waals surface area contributed by atoms with Crippen LogP contribution in [-0.2, 0) is 0 Å². The zero-order valence-corrected chi connectivity index (χ0v) is 12.9. The Morgan fingerprint density at radius 1 is 1.26 bits per heavy atom. The minimum Gasteiger partial charge on any atom is -0.496 e. The highest BCUT2D eigenvalue weighted by Crippen LogP contribution is 2.29. The minimum absolute atomic E-state index is 0.0686. The molecule has 0 spiro atoms. The van der Waals surface area contributed by atoms with Gasteiger partial charge in [0.1, 0.15) is 11.6 Å². The summed E-state index contributed by atoms with van der Waals surface area (Å²) in [5.74, 6) is 0.888. The highest BCUT2D eigenvalue weighted by molar-refractivity contribution is 5.36. The van der Waals surface area contributed by atoms with Crippen LogP contribution in [0.1, 0.15) is 46.2 Å². The van der Waals surface area contributed by atoms with Crippen LogP contribution >= 0.6 is 0 Å². The first kappa shape index (κ1) is 16.0. The topological polar surface area (TPSA) is 21.3 Å². The summed E-state index contributed by atoms with van der Waals surface area (Å²) < 4.78 is 19.2. The number of methoxy groups -OCH3 is 1. The molecule has 1 aromatic carbocycles.